The summed E-state index contributed by atoms with van der Waals surface area (Å²) < 4.78 is 10.2. The number of anilines is 1. The molecule has 3 rings (SSSR count). The quantitative estimate of drug-likeness (QED) is 0.566. The van der Waals surface area contributed by atoms with Gasteiger partial charge in [0.1, 0.15) is 15.4 Å². The van der Waals surface area contributed by atoms with E-state index in [1.54, 1.807) is 19.2 Å². The SMILES string of the molecule is CCOC(=O)c1c(-c2ccccc2)csc1NC(=O)COC(=O)c1cnc(C)s1. The lowest BCUT2D eigenvalue weighted by Crippen LogP contribution is -2.21. The van der Waals surface area contributed by atoms with E-state index in [9.17, 15) is 14.4 Å². The first kappa shape index (κ1) is 20.7. The Morgan fingerprint density at radius 3 is 2.52 bits per heavy atom. The van der Waals surface area contributed by atoms with Gasteiger partial charge in [0.05, 0.1) is 17.8 Å². The molecule has 1 amide bonds. The minimum absolute atomic E-state index is 0.210. The minimum Gasteiger partial charge on any atom is -0.462 e. The molecule has 7 nitrogen and oxygen atoms in total. The minimum atomic E-state index is -0.618. The highest BCUT2D eigenvalue weighted by atomic mass is 32.1. The molecule has 0 aliphatic carbocycles. The number of rotatable bonds is 7. The van der Waals surface area contributed by atoms with E-state index in [1.807, 2.05) is 30.3 Å². The first-order valence-electron chi connectivity index (χ1n) is 8.73. The van der Waals surface area contributed by atoms with Crippen LogP contribution in [0.5, 0.6) is 0 Å². The van der Waals surface area contributed by atoms with Crippen LogP contribution in [0.25, 0.3) is 11.1 Å². The summed E-state index contributed by atoms with van der Waals surface area (Å²) in [6.45, 7) is 3.22. The topological polar surface area (TPSA) is 94.6 Å². The van der Waals surface area contributed by atoms with Gasteiger partial charge < -0.3 is 14.8 Å². The summed E-state index contributed by atoms with van der Waals surface area (Å²) in [7, 11) is 0. The van der Waals surface area contributed by atoms with Gasteiger partial charge in [0.2, 0.25) is 0 Å². The Balaban J connectivity index is 1.74. The van der Waals surface area contributed by atoms with Crippen molar-refractivity contribution in [2.24, 2.45) is 0 Å². The predicted molar refractivity (Wildman–Crippen MR) is 111 cm³/mol. The van der Waals surface area contributed by atoms with Crippen LogP contribution in [0.3, 0.4) is 0 Å². The summed E-state index contributed by atoms with van der Waals surface area (Å²) in [5, 5.41) is 5.50. The molecule has 0 radical (unpaired) electrons. The van der Waals surface area contributed by atoms with Gasteiger partial charge in [-0.05, 0) is 19.4 Å². The maximum atomic E-state index is 12.5. The number of nitrogens with one attached hydrogen (secondary N) is 1. The molecule has 0 saturated heterocycles. The molecule has 0 aliphatic rings. The number of hydrogen-bond acceptors (Lipinski definition) is 8. The van der Waals surface area contributed by atoms with E-state index in [0.29, 0.717) is 15.4 Å². The van der Waals surface area contributed by atoms with E-state index < -0.39 is 24.5 Å². The van der Waals surface area contributed by atoms with Crippen LogP contribution in [-0.2, 0) is 14.3 Å². The van der Waals surface area contributed by atoms with Crippen molar-refractivity contribution in [2.45, 2.75) is 13.8 Å². The van der Waals surface area contributed by atoms with Gasteiger partial charge in [-0.2, -0.15) is 0 Å². The average Bonchev–Trinajstić information content (AvgIpc) is 3.33. The number of hydrogen-bond donors (Lipinski definition) is 1. The summed E-state index contributed by atoms with van der Waals surface area (Å²) >= 11 is 2.39. The molecular weight excluding hydrogens is 412 g/mol. The number of nitrogens with zero attached hydrogens (tertiary/aromatic N) is 1. The average molecular weight is 431 g/mol. The zero-order valence-corrected chi connectivity index (χ0v) is 17.4. The van der Waals surface area contributed by atoms with Crippen LogP contribution in [0.15, 0.2) is 41.9 Å². The molecule has 1 N–H and O–H groups in total. The number of carbonyl (C=O) groups excluding carboxylic acids is 3. The monoisotopic (exact) mass is 430 g/mol. The van der Waals surface area contributed by atoms with Crippen LogP contribution < -0.4 is 5.32 Å². The molecular formula is C20H18N2O5S2. The highest BCUT2D eigenvalue weighted by molar-refractivity contribution is 7.15. The van der Waals surface area contributed by atoms with Gasteiger partial charge in [0.15, 0.2) is 6.61 Å². The van der Waals surface area contributed by atoms with E-state index >= 15 is 0 Å². The van der Waals surface area contributed by atoms with Gasteiger partial charge in [0, 0.05) is 10.9 Å². The number of aryl methyl sites for hydroxylation is 1. The largest absolute Gasteiger partial charge is 0.462 e. The Morgan fingerprint density at radius 2 is 1.86 bits per heavy atom. The van der Waals surface area contributed by atoms with E-state index in [0.717, 1.165) is 10.6 Å². The molecule has 3 aromatic rings. The van der Waals surface area contributed by atoms with Gasteiger partial charge in [-0.15, -0.1) is 22.7 Å². The lowest BCUT2D eigenvalue weighted by molar-refractivity contribution is -0.119. The van der Waals surface area contributed by atoms with Crippen molar-refractivity contribution in [1.82, 2.24) is 4.98 Å². The number of thiophene rings is 1. The van der Waals surface area contributed by atoms with Gasteiger partial charge in [-0.3, -0.25) is 4.79 Å². The van der Waals surface area contributed by atoms with Crippen LogP contribution >= 0.6 is 22.7 Å². The van der Waals surface area contributed by atoms with Crippen LogP contribution in [0.4, 0.5) is 5.00 Å². The van der Waals surface area contributed by atoms with Crippen molar-refractivity contribution >= 4 is 45.5 Å². The summed E-state index contributed by atoms with van der Waals surface area (Å²) in [6, 6.07) is 9.34. The van der Waals surface area contributed by atoms with Crippen LogP contribution in [0.2, 0.25) is 0 Å². The molecule has 2 aromatic heterocycles. The van der Waals surface area contributed by atoms with Gasteiger partial charge in [0.25, 0.3) is 5.91 Å². The Hall–Kier alpha value is -3.04. The Morgan fingerprint density at radius 1 is 1.10 bits per heavy atom. The van der Waals surface area contributed by atoms with Crippen molar-refractivity contribution in [3.8, 4) is 11.1 Å². The molecule has 0 spiro atoms. The Labute approximate surface area is 175 Å². The standard InChI is InChI=1S/C20H18N2O5S2/c1-3-26-20(25)17-14(13-7-5-4-6-8-13)11-28-18(17)22-16(23)10-27-19(24)15-9-21-12(2)29-15/h4-9,11H,3,10H2,1-2H3,(H,22,23). The number of esters is 2. The van der Waals surface area contributed by atoms with E-state index in [4.69, 9.17) is 9.47 Å². The van der Waals surface area contributed by atoms with Gasteiger partial charge >= 0.3 is 11.9 Å². The summed E-state index contributed by atoms with van der Waals surface area (Å²) in [5.41, 5.74) is 1.78. The van der Waals surface area contributed by atoms with Crippen molar-refractivity contribution in [1.29, 1.82) is 0 Å². The molecule has 0 bridgehead atoms. The third kappa shape index (κ3) is 5.07. The molecule has 0 aliphatic heterocycles. The summed E-state index contributed by atoms with van der Waals surface area (Å²) in [5.74, 6) is -1.70. The molecule has 0 unspecified atom stereocenters. The molecule has 150 valence electrons. The van der Waals surface area contributed by atoms with Gasteiger partial charge in [-0.1, -0.05) is 30.3 Å². The highest BCUT2D eigenvalue weighted by Crippen LogP contribution is 2.36. The molecule has 0 fully saturated rings. The zero-order valence-electron chi connectivity index (χ0n) is 15.8. The highest BCUT2D eigenvalue weighted by Gasteiger charge is 2.23. The van der Waals surface area contributed by atoms with Crippen molar-refractivity contribution < 1.29 is 23.9 Å². The fraction of sp³-hybridized carbons (Fsp3) is 0.200. The maximum Gasteiger partial charge on any atom is 0.350 e. The fourth-order valence-corrected chi connectivity index (χ4v) is 4.15. The Kier molecular flexibility index (Phi) is 6.73. The summed E-state index contributed by atoms with van der Waals surface area (Å²) in [6.07, 6.45) is 1.41. The molecule has 0 saturated carbocycles. The number of ether oxygens (including phenoxy) is 2. The third-order valence-corrected chi connectivity index (χ3v) is 5.55. The number of carbonyl (C=O) groups is 3. The van der Waals surface area contributed by atoms with E-state index in [-0.39, 0.29) is 12.2 Å². The van der Waals surface area contributed by atoms with Gasteiger partial charge in [-0.25, -0.2) is 14.6 Å². The molecule has 9 heteroatoms. The summed E-state index contributed by atoms with van der Waals surface area (Å²) in [4.78, 5) is 41.0. The second-order valence-electron chi connectivity index (χ2n) is 5.81. The smallest absolute Gasteiger partial charge is 0.350 e. The van der Waals surface area contributed by atoms with Crippen molar-refractivity contribution in [3.63, 3.8) is 0 Å². The van der Waals surface area contributed by atoms with Crippen LogP contribution in [-0.4, -0.2) is 36.0 Å². The van der Waals surface area contributed by atoms with Crippen molar-refractivity contribution in [2.75, 3.05) is 18.5 Å². The molecule has 0 atom stereocenters. The molecule has 2 heterocycles. The predicted octanol–water partition coefficient (Wildman–Crippen LogP) is 4.15. The van der Waals surface area contributed by atoms with E-state index in [2.05, 4.69) is 10.3 Å². The normalized spacial score (nSPS) is 10.4. The lowest BCUT2D eigenvalue weighted by Gasteiger charge is -2.09. The van der Waals surface area contributed by atoms with Crippen LogP contribution in [0.1, 0.15) is 32.0 Å². The van der Waals surface area contributed by atoms with Crippen LogP contribution in [0, 0.1) is 6.92 Å². The van der Waals surface area contributed by atoms with Crippen molar-refractivity contribution in [3.05, 3.63) is 57.4 Å². The maximum absolute atomic E-state index is 12.5. The zero-order chi connectivity index (χ0) is 20.8. The first-order chi connectivity index (χ1) is 14.0. The number of aromatic nitrogens is 1. The molecule has 29 heavy (non-hydrogen) atoms. The lowest BCUT2D eigenvalue weighted by atomic mass is 10.0. The fourth-order valence-electron chi connectivity index (χ4n) is 2.51. The Bertz CT molecular complexity index is 1030. The first-order valence-corrected chi connectivity index (χ1v) is 10.4. The number of amides is 1. The third-order valence-electron chi connectivity index (χ3n) is 3.77. The second kappa shape index (κ2) is 9.44. The number of thiazole rings is 1. The van der Waals surface area contributed by atoms with E-state index in [1.165, 1.54) is 28.9 Å². The second-order valence-corrected chi connectivity index (χ2v) is 7.92. The molecule has 1 aromatic carbocycles. The number of benzene rings is 1.